The summed E-state index contributed by atoms with van der Waals surface area (Å²) in [5.41, 5.74) is -0.314. The van der Waals surface area contributed by atoms with Crippen LogP contribution in [0, 0.1) is 5.82 Å². The highest BCUT2D eigenvalue weighted by Gasteiger charge is 2.17. The Morgan fingerprint density at radius 1 is 1.44 bits per heavy atom. The smallest absolute Gasteiger partial charge is 0.325 e. The Morgan fingerprint density at radius 3 is 2.56 bits per heavy atom. The van der Waals surface area contributed by atoms with Crippen LogP contribution in [-0.4, -0.2) is 28.1 Å². The zero-order chi connectivity index (χ0) is 12.3. The minimum absolute atomic E-state index is 0.305. The molecule has 5 nitrogen and oxygen atoms in total. The van der Waals surface area contributed by atoms with E-state index in [1.165, 1.54) is 6.92 Å². The average Bonchev–Trinajstić information content (AvgIpc) is 2.16. The second kappa shape index (κ2) is 4.61. The van der Waals surface area contributed by atoms with Crippen molar-refractivity contribution in [2.24, 2.45) is 0 Å². The van der Waals surface area contributed by atoms with Crippen molar-refractivity contribution in [1.82, 2.24) is 5.32 Å². The van der Waals surface area contributed by atoms with Crippen molar-refractivity contribution in [1.29, 1.82) is 0 Å². The predicted molar refractivity (Wildman–Crippen MR) is 52.6 cm³/mol. The quantitative estimate of drug-likeness (QED) is 0.710. The van der Waals surface area contributed by atoms with E-state index in [4.69, 9.17) is 10.2 Å². The van der Waals surface area contributed by atoms with Crippen LogP contribution in [0.3, 0.4) is 0 Å². The number of aromatic hydroxyl groups is 1. The van der Waals surface area contributed by atoms with Gasteiger partial charge in [0.1, 0.15) is 17.6 Å². The summed E-state index contributed by atoms with van der Waals surface area (Å²) >= 11 is 0. The summed E-state index contributed by atoms with van der Waals surface area (Å²) in [5, 5.41) is 19.6. The lowest BCUT2D eigenvalue weighted by Crippen LogP contribution is -2.38. The molecular weight excluding hydrogens is 217 g/mol. The van der Waals surface area contributed by atoms with E-state index in [9.17, 15) is 14.0 Å². The highest BCUT2D eigenvalue weighted by Crippen LogP contribution is 2.14. The molecule has 3 N–H and O–H groups in total. The maximum Gasteiger partial charge on any atom is 0.325 e. The van der Waals surface area contributed by atoms with Crippen molar-refractivity contribution in [3.8, 4) is 5.75 Å². The molecule has 0 spiro atoms. The molecule has 0 saturated heterocycles. The van der Waals surface area contributed by atoms with Gasteiger partial charge in [-0.15, -0.1) is 0 Å². The van der Waals surface area contributed by atoms with E-state index < -0.39 is 23.7 Å². The topological polar surface area (TPSA) is 86.6 Å². The summed E-state index contributed by atoms with van der Waals surface area (Å²) in [6.45, 7) is 1.26. The van der Waals surface area contributed by atoms with Crippen molar-refractivity contribution >= 4 is 11.9 Å². The number of rotatable bonds is 3. The van der Waals surface area contributed by atoms with Crippen molar-refractivity contribution in [3.05, 3.63) is 29.6 Å². The number of hydrogen-bond donors (Lipinski definition) is 3. The third kappa shape index (κ3) is 2.69. The summed E-state index contributed by atoms with van der Waals surface area (Å²) < 4.78 is 13.2. The van der Waals surface area contributed by atoms with Gasteiger partial charge in [0.2, 0.25) is 0 Å². The van der Waals surface area contributed by atoms with Crippen LogP contribution in [0.15, 0.2) is 18.2 Å². The molecule has 0 heterocycles. The fourth-order valence-electron chi connectivity index (χ4n) is 1.02. The third-order valence-electron chi connectivity index (χ3n) is 1.92. The van der Waals surface area contributed by atoms with Gasteiger partial charge < -0.3 is 15.5 Å². The number of carbonyl (C=O) groups excluding carboxylic acids is 1. The first-order chi connectivity index (χ1) is 7.41. The van der Waals surface area contributed by atoms with E-state index in [-0.39, 0.29) is 11.3 Å². The first kappa shape index (κ1) is 12.0. The molecule has 86 valence electrons. The van der Waals surface area contributed by atoms with Crippen LogP contribution in [0.1, 0.15) is 17.3 Å². The van der Waals surface area contributed by atoms with Crippen molar-refractivity contribution < 1.29 is 24.2 Å². The largest absolute Gasteiger partial charge is 0.508 e. The van der Waals surface area contributed by atoms with E-state index in [2.05, 4.69) is 5.32 Å². The molecule has 0 bridgehead atoms. The molecule has 0 fully saturated rings. The summed E-state index contributed by atoms with van der Waals surface area (Å²) in [4.78, 5) is 21.9. The Morgan fingerprint density at radius 2 is 2.06 bits per heavy atom. The molecule has 1 rings (SSSR count). The van der Waals surface area contributed by atoms with Gasteiger partial charge in [0.25, 0.3) is 5.91 Å². The number of hydrogen-bond acceptors (Lipinski definition) is 3. The van der Waals surface area contributed by atoms with Crippen molar-refractivity contribution in [3.63, 3.8) is 0 Å². The highest BCUT2D eigenvalue weighted by molar-refractivity contribution is 5.96. The van der Waals surface area contributed by atoms with Gasteiger partial charge in [0.05, 0.1) is 5.56 Å². The van der Waals surface area contributed by atoms with Crippen LogP contribution in [0.5, 0.6) is 5.75 Å². The predicted octanol–water partition coefficient (Wildman–Crippen LogP) is 0.734. The molecule has 1 aromatic carbocycles. The number of carboxylic acids is 1. The molecule has 1 atom stereocenters. The number of carboxylic acid groups (broad SMARTS) is 1. The molecule has 0 saturated carbocycles. The minimum Gasteiger partial charge on any atom is -0.508 e. The number of amides is 1. The third-order valence-corrected chi connectivity index (χ3v) is 1.92. The minimum atomic E-state index is -1.22. The zero-order valence-corrected chi connectivity index (χ0v) is 8.40. The SMILES string of the molecule is C[C@@H](NC(=O)c1ccc(O)cc1F)C(=O)O. The normalized spacial score (nSPS) is 11.9. The van der Waals surface area contributed by atoms with Gasteiger partial charge in [0.15, 0.2) is 0 Å². The van der Waals surface area contributed by atoms with Crippen molar-refractivity contribution in [2.75, 3.05) is 0 Å². The first-order valence-corrected chi connectivity index (χ1v) is 4.44. The van der Waals surface area contributed by atoms with E-state index in [1.807, 2.05) is 0 Å². The molecule has 1 aromatic rings. The van der Waals surface area contributed by atoms with Gasteiger partial charge in [-0.3, -0.25) is 9.59 Å². The van der Waals surface area contributed by atoms with Gasteiger partial charge in [-0.2, -0.15) is 0 Å². The maximum absolute atomic E-state index is 13.2. The van der Waals surface area contributed by atoms with E-state index >= 15 is 0 Å². The zero-order valence-electron chi connectivity index (χ0n) is 8.40. The number of benzene rings is 1. The number of nitrogens with one attached hydrogen (secondary N) is 1. The Kier molecular flexibility index (Phi) is 3.44. The second-order valence-electron chi connectivity index (χ2n) is 3.20. The molecule has 0 aromatic heterocycles. The summed E-state index contributed by atoms with van der Waals surface area (Å²) in [5.74, 6) is -3.27. The number of phenolic OH excluding ortho intramolecular Hbond substituents is 1. The van der Waals surface area contributed by atoms with E-state index in [0.717, 1.165) is 18.2 Å². The number of aliphatic carboxylic acids is 1. The van der Waals surface area contributed by atoms with Crippen LogP contribution in [0.4, 0.5) is 4.39 Å². The lowest BCUT2D eigenvalue weighted by atomic mass is 10.2. The van der Waals surface area contributed by atoms with Gasteiger partial charge in [-0.1, -0.05) is 0 Å². The van der Waals surface area contributed by atoms with Crippen LogP contribution >= 0.6 is 0 Å². The summed E-state index contributed by atoms with van der Waals surface area (Å²) in [6.07, 6.45) is 0. The number of halogens is 1. The second-order valence-corrected chi connectivity index (χ2v) is 3.20. The van der Waals surface area contributed by atoms with E-state index in [1.54, 1.807) is 0 Å². The maximum atomic E-state index is 13.2. The van der Waals surface area contributed by atoms with Crippen molar-refractivity contribution in [2.45, 2.75) is 13.0 Å². The molecule has 0 unspecified atom stereocenters. The molecule has 0 aliphatic carbocycles. The highest BCUT2D eigenvalue weighted by atomic mass is 19.1. The molecule has 1 amide bonds. The summed E-state index contributed by atoms with van der Waals surface area (Å²) in [6, 6.07) is 1.89. The molecule has 0 aliphatic heterocycles. The van der Waals surface area contributed by atoms with Crippen LogP contribution in [-0.2, 0) is 4.79 Å². The first-order valence-electron chi connectivity index (χ1n) is 4.44. The lowest BCUT2D eigenvalue weighted by molar-refractivity contribution is -0.138. The Balaban J connectivity index is 2.85. The number of carbonyl (C=O) groups is 2. The fraction of sp³-hybridized carbons (Fsp3) is 0.200. The Hall–Kier alpha value is -2.11. The fourth-order valence-corrected chi connectivity index (χ4v) is 1.02. The average molecular weight is 227 g/mol. The van der Waals surface area contributed by atoms with E-state index in [0.29, 0.717) is 0 Å². The standard InChI is InChI=1S/C10H10FNO4/c1-5(10(15)16)12-9(14)7-3-2-6(13)4-8(7)11/h2-5,13H,1H3,(H,12,14)(H,15,16)/t5-/m1/s1. The lowest BCUT2D eigenvalue weighted by Gasteiger charge is -2.09. The van der Waals surface area contributed by atoms with Crippen LogP contribution < -0.4 is 5.32 Å². The Labute approximate surface area is 90.5 Å². The molecule has 6 heteroatoms. The molecule has 16 heavy (non-hydrogen) atoms. The molecular formula is C10H10FNO4. The monoisotopic (exact) mass is 227 g/mol. The van der Waals surface area contributed by atoms with Crippen LogP contribution in [0.2, 0.25) is 0 Å². The molecule has 0 aliphatic rings. The van der Waals surface area contributed by atoms with Crippen LogP contribution in [0.25, 0.3) is 0 Å². The molecule has 0 radical (unpaired) electrons. The van der Waals surface area contributed by atoms with Gasteiger partial charge in [-0.25, -0.2) is 4.39 Å². The van der Waals surface area contributed by atoms with Gasteiger partial charge in [-0.05, 0) is 19.1 Å². The van der Waals surface area contributed by atoms with Gasteiger partial charge in [0, 0.05) is 6.07 Å². The van der Waals surface area contributed by atoms with Gasteiger partial charge >= 0.3 is 5.97 Å². The summed E-state index contributed by atoms with van der Waals surface area (Å²) in [7, 11) is 0. The number of phenols is 1. The Bertz CT molecular complexity index is 433.